The summed E-state index contributed by atoms with van der Waals surface area (Å²) in [6.45, 7) is 4.78. The largest absolute Gasteiger partial charge is 0.463 e. The fourth-order valence-electron chi connectivity index (χ4n) is 2.86. The first kappa shape index (κ1) is 13.5. The number of aliphatic hydroxyl groups excluding tert-OH is 1. The lowest BCUT2D eigenvalue weighted by molar-refractivity contribution is -0.150. The zero-order valence-electron chi connectivity index (χ0n) is 10.00. The molecule has 2 aliphatic heterocycles. The number of rotatable bonds is 4. The van der Waals surface area contributed by atoms with E-state index in [0.717, 1.165) is 0 Å². The second-order valence-corrected chi connectivity index (χ2v) is 6.04. The van der Waals surface area contributed by atoms with Crippen molar-refractivity contribution < 1.29 is 27.8 Å². The van der Waals surface area contributed by atoms with Gasteiger partial charge in [0.2, 0.25) is 0 Å². The number of hydrogen-bond donors (Lipinski definition) is 2. The third kappa shape index (κ3) is 1.86. The van der Waals surface area contributed by atoms with Crippen LogP contribution in [0.4, 0.5) is 0 Å². The summed E-state index contributed by atoms with van der Waals surface area (Å²) < 4.78 is 33.2. The lowest BCUT2D eigenvalue weighted by atomic mass is 9.80. The molecule has 0 aliphatic carbocycles. The second-order valence-electron chi connectivity index (χ2n) is 4.85. The highest BCUT2D eigenvalue weighted by Gasteiger charge is 2.66. The van der Waals surface area contributed by atoms with Crippen molar-refractivity contribution in [1.29, 1.82) is 0 Å². The van der Waals surface area contributed by atoms with E-state index < -0.39 is 39.2 Å². The number of esters is 1. The molecule has 0 saturated carbocycles. The van der Waals surface area contributed by atoms with Gasteiger partial charge < -0.3 is 14.6 Å². The smallest absolute Gasteiger partial charge is 0.302 e. The van der Waals surface area contributed by atoms with Crippen LogP contribution in [0.1, 0.15) is 19.8 Å². The van der Waals surface area contributed by atoms with Crippen LogP contribution in [0, 0.1) is 0 Å². The molecule has 0 spiro atoms. The van der Waals surface area contributed by atoms with Crippen LogP contribution in [0.25, 0.3) is 0 Å². The first-order chi connectivity index (χ1) is 8.35. The van der Waals surface area contributed by atoms with Gasteiger partial charge in [-0.15, -0.1) is 6.58 Å². The van der Waals surface area contributed by atoms with Gasteiger partial charge >= 0.3 is 5.97 Å². The summed E-state index contributed by atoms with van der Waals surface area (Å²) in [6.07, 6.45) is 0.849. The third-order valence-electron chi connectivity index (χ3n) is 3.68. The number of carbonyl (C=O) groups is 1. The molecule has 2 fully saturated rings. The minimum Gasteiger partial charge on any atom is -0.463 e. The Hall–Kier alpha value is -0.920. The Morgan fingerprint density at radius 2 is 2.28 bits per heavy atom. The van der Waals surface area contributed by atoms with Crippen molar-refractivity contribution in [3.63, 3.8) is 0 Å². The van der Waals surface area contributed by atoms with Gasteiger partial charge in [0.25, 0.3) is 0 Å². The summed E-state index contributed by atoms with van der Waals surface area (Å²) in [7, 11) is -2.75. The van der Waals surface area contributed by atoms with Crippen LogP contribution >= 0.6 is 0 Å². The molecule has 4 unspecified atom stereocenters. The number of hydrogen-bond acceptors (Lipinski definition) is 6. The van der Waals surface area contributed by atoms with Gasteiger partial charge in [-0.3, -0.25) is 4.79 Å². The Morgan fingerprint density at radius 3 is 2.72 bits per heavy atom. The summed E-state index contributed by atoms with van der Waals surface area (Å²) in [6, 6.07) is 0. The molecular formula is C11H16O6S. The molecule has 6 nitrogen and oxygen atoms in total. The van der Waals surface area contributed by atoms with E-state index in [1.807, 2.05) is 0 Å². The van der Waals surface area contributed by atoms with Crippen molar-refractivity contribution in [1.82, 2.24) is 0 Å². The molecule has 102 valence electrons. The van der Waals surface area contributed by atoms with E-state index >= 15 is 0 Å². The number of ether oxygens (including phenoxy) is 2. The van der Waals surface area contributed by atoms with Gasteiger partial charge in [0.05, 0.1) is 11.4 Å². The zero-order chi connectivity index (χ0) is 13.6. The minimum absolute atomic E-state index is 0.0470. The molecule has 0 aromatic carbocycles. The Kier molecular flexibility index (Phi) is 3.25. The highest BCUT2D eigenvalue weighted by Crippen LogP contribution is 2.52. The van der Waals surface area contributed by atoms with E-state index in [1.54, 1.807) is 0 Å². The summed E-state index contributed by atoms with van der Waals surface area (Å²) in [5.41, 5.74) is -2.19. The maximum atomic E-state index is 11.3. The number of fused-ring (bicyclic) bond motifs is 2. The van der Waals surface area contributed by atoms with E-state index in [4.69, 9.17) is 9.47 Å². The first-order valence-corrected chi connectivity index (χ1v) is 6.88. The van der Waals surface area contributed by atoms with Gasteiger partial charge in [0, 0.05) is 13.3 Å². The van der Waals surface area contributed by atoms with Crippen molar-refractivity contribution >= 4 is 16.7 Å². The quantitative estimate of drug-likeness (QED) is 0.404. The summed E-state index contributed by atoms with van der Waals surface area (Å²) in [5, 5.41) is 9.19. The van der Waals surface area contributed by atoms with E-state index in [0.29, 0.717) is 0 Å². The van der Waals surface area contributed by atoms with Crippen molar-refractivity contribution in [3.05, 3.63) is 12.7 Å². The molecule has 4 atom stereocenters. The predicted octanol–water partition coefficient (Wildman–Crippen LogP) is -0.622. The second kappa shape index (κ2) is 4.32. The van der Waals surface area contributed by atoms with Crippen LogP contribution < -0.4 is 0 Å². The summed E-state index contributed by atoms with van der Waals surface area (Å²) in [4.78, 5) is 10.8. The molecule has 2 rings (SSSR count). The molecule has 2 saturated heterocycles. The fraction of sp³-hybridized carbons (Fsp3) is 0.727. The standard InChI is InChI=1S/C11H16O6S/c1-3-11-8(13)4-10(17-11,6-16-7(2)12)5-9(11)18(14)15/h3,8-9,13,18H,1,4-6H2,2H3. The molecule has 0 aromatic heterocycles. The van der Waals surface area contributed by atoms with Crippen LogP contribution in [0.15, 0.2) is 12.7 Å². The molecule has 0 amide bonds. The maximum Gasteiger partial charge on any atom is 0.302 e. The predicted molar refractivity (Wildman–Crippen MR) is 62.7 cm³/mol. The van der Waals surface area contributed by atoms with Gasteiger partial charge in [-0.1, -0.05) is 6.08 Å². The molecule has 2 heterocycles. The lowest BCUT2D eigenvalue weighted by Gasteiger charge is -2.30. The van der Waals surface area contributed by atoms with Crippen LogP contribution in [-0.2, 0) is 25.0 Å². The number of aliphatic hydroxyl groups is 1. The van der Waals surface area contributed by atoms with Crippen molar-refractivity contribution in [2.24, 2.45) is 0 Å². The van der Waals surface area contributed by atoms with Crippen molar-refractivity contribution in [2.75, 3.05) is 6.61 Å². The highest BCUT2D eigenvalue weighted by molar-refractivity contribution is 7.73. The maximum absolute atomic E-state index is 11.3. The fourth-order valence-corrected chi connectivity index (χ4v) is 4.00. The SMILES string of the molecule is C=CC12OC(COC(C)=O)(CC1O)CC2[SH](=O)=O. The van der Waals surface area contributed by atoms with Crippen molar-refractivity contribution in [2.45, 2.75) is 42.3 Å². The van der Waals surface area contributed by atoms with E-state index in [2.05, 4.69) is 6.58 Å². The van der Waals surface area contributed by atoms with Gasteiger partial charge in [0.15, 0.2) is 0 Å². The average Bonchev–Trinajstić information content (AvgIpc) is 2.77. The molecule has 18 heavy (non-hydrogen) atoms. The Morgan fingerprint density at radius 1 is 1.61 bits per heavy atom. The summed E-state index contributed by atoms with van der Waals surface area (Å²) >= 11 is 0. The van der Waals surface area contributed by atoms with E-state index in [-0.39, 0.29) is 19.4 Å². The van der Waals surface area contributed by atoms with Crippen LogP contribution in [0.3, 0.4) is 0 Å². The highest BCUT2D eigenvalue weighted by atomic mass is 32.2. The minimum atomic E-state index is -2.75. The molecule has 2 aliphatic rings. The Labute approximate surface area is 107 Å². The Balaban J connectivity index is 2.28. The first-order valence-electron chi connectivity index (χ1n) is 5.64. The van der Waals surface area contributed by atoms with Gasteiger partial charge in [-0.05, 0) is 6.42 Å². The van der Waals surface area contributed by atoms with Crippen molar-refractivity contribution in [3.8, 4) is 0 Å². The van der Waals surface area contributed by atoms with Crippen LogP contribution in [-0.4, -0.2) is 48.7 Å². The molecule has 0 radical (unpaired) electrons. The summed E-state index contributed by atoms with van der Waals surface area (Å²) in [5.74, 6) is -0.464. The average molecular weight is 276 g/mol. The number of carbonyl (C=O) groups excluding carboxylic acids is 1. The number of thiol groups is 1. The zero-order valence-corrected chi connectivity index (χ0v) is 10.9. The molecule has 0 aromatic rings. The van der Waals surface area contributed by atoms with E-state index in [9.17, 15) is 18.3 Å². The Bertz CT molecular complexity index is 450. The van der Waals surface area contributed by atoms with Gasteiger partial charge in [0.1, 0.15) is 28.5 Å². The van der Waals surface area contributed by atoms with Crippen LogP contribution in [0.2, 0.25) is 0 Å². The van der Waals surface area contributed by atoms with Gasteiger partial charge in [-0.25, -0.2) is 8.42 Å². The van der Waals surface area contributed by atoms with Gasteiger partial charge in [-0.2, -0.15) is 0 Å². The van der Waals surface area contributed by atoms with E-state index in [1.165, 1.54) is 13.0 Å². The lowest BCUT2D eigenvalue weighted by Crippen LogP contribution is -2.48. The normalized spacial score (nSPS) is 42.2. The molecular weight excluding hydrogens is 260 g/mol. The van der Waals surface area contributed by atoms with Crippen LogP contribution in [0.5, 0.6) is 0 Å². The monoisotopic (exact) mass is 276 g/mol. The molecule has 2 bridgehead atoms. The molecule has 7 heteroatoms. The topological polar surface area (TPSA) is 89.9 Å². The molecule has 1 N–H and O–H groups in total. The third-order valence-corrected chi connectivity index (χ3v) is 4.77.